The van der Waals surface area contributed by atoms with Crippen LogP contribution in [0.4, 0.5) is 0 Å². The Morgan fingerprint density at radius 3 is 2.43 bits per heavy atom. The number of likely N-dealkylation sites (N-methyl/N-ethyl adjacent to an activating group) is 1. The largest absolute Gasteiger partial charge is 0.497 e. The molecule has 114 valence electrons. The average Bonchev–Trinajstić information content (AvgIpc) is 2.95. The van der Waals surface area contributed by atoms with Crippen LogP contribution in [0.15, 0.2) is 24.3 Å². The van der Waals surface area contributed by atoms with Gasteiger partial charge in [-0.15, -0.1) is 0 Å². The van der Waals surface area contributed by atoms with Crippen LogP contribution in [0.1, 0.15) is 37.1 Å². The molecule has 1 heterocycles. The van der Waals surface area contributed by atoms with Crippen LogP contribution < -0.4 is 10.1 Å². The number of hydrogen-bond acceptors (Lipinski definition) is 4. The molecule has 0 saturated heterocycles. The molecule has 21 heavy (non-hydrogen) atoms. The van der Waals surface area contributed by atoms with Crippen LogP contribution in [0, 0.1) is 0 Å². The van der Waals surface area contributed by atoms with Crippen LogP contribution in [-0.4, -0.2) is 28.9 Å². The van der Waals surface area contributed by atoms with Crippen molar-refractivity contribution in [1.29, 1.82) is 0 Å². The summed E-state index contributed by atoms with van der Waals surface area (Å²) in [4.78, 5) is 4.56. The Hall–Kier alpha value is -1.88. The summed E-state index contributed by atoms with van der Waals surface area (Å²) in [5.41, 5.74) is 1.22. The van der Waals surface area contributed by atoms with Gasteiger partial charge in [0.05, 0.1) is 19.7 Å². The molecule has 0 aliphatic carbocycles. The zero-order valence-corrected chi connectivity index (χ0v) is 13.3. The molecular formula is C16H24N4O. The van der Waals surface area contributed by atoms with Gasteiger partial charge in [0, 0.05) is 12.8 Å². The van der Waals surface area contributed by atoms with Gasteiger partial charge in [0.1, 0.15) is 11.6 Å². The van der Waals surface area contributed by atoms with E-state index in [4.69, 9.17) is 4.74 Å². The van der Waals surface area contributed by atoms with Gasteiger partial charge in [-0.1, -0.05) is 26.0 Å². The standard InChI is InChI=1S/C16H24N4O/c1-5-15-18-16(6-2)20(19-15)11-14(17-3)12-7-9-13(21-4)10-8-12/h7-10,14,17H,5-6,11H2,1-4H3. The van der Waals surface area contributed by atoms with E-state index in [1.165, 1.54) is 5.56 Å². The first-order valence-electron chi connectivity index (χ1n) is 7.45. The number of rotatable bonds is 7. The molecule has 0 aliphatic heterocycles. The smallest absolute Gasteiger partial charge is 0.150 e. The van der Waals surface area contributed by atoms with E-state index in [1.807, 2.05) is 23.9 Å². The summed E-state index contributed by atoms with van der Waals surface area (Å²) < 4.78 is 7.23. The Morgan fingerprint density at radius 1 is 1.19 bits per heavy atom. The van der Waals surface area contributed by atoms with Crippen LogP contribution >= 0.6 is 0 Å². The minimum absolute atomic E-state index is 0.201. The number of aromatic nitrogens is 3. The molecule has 0 amide bonds. The van der Waals surface area contributed by atoms with E-state index in [-0.39, 0.29) is 6.04 Å². The van der Waals surface area contributed by atoms with E-state index in [1.54, 1.807) is 7.11 Å². The second kappa shape index (κ2) is 7.22. The third kappa shape index (κ3) is 3.61. The first-order chi connectivity index (χ1) is 10.2. The van der Waals surface area contributed by atoms with Gasteiger partial charge < -0.3 is 10.1 Å². The third-order valence-corrected chi connectivity index (χ3v) is 3.65. The SMILES string of the molecule is CCc1nc(CC)n(CC(NC)c2ccc(OC)cc2)n1. The van der Waals surface area contributed by atoms with E-state index in [9.17, 15) is 0 Å². The van der Waals surface area contributed by atoms with Gasteiger partial charge in [-0.2, -0.15) is 5.10 Å². The highest BCUT2D eigenvalue weighted by Gasteiger charge is 2.14. The van der Waals surface area contributed by atoms with E-state index in [0.29, 0.717) is 0 Å². The molecule has 0 bridgehead atoms. The quantitative estimate of drug-likeness (QED) is 0.850. The lowest BCUT2D eigenvalue weighted by molar-refractivity contribution is 0.413. The Morgan fingerprint density at radius 2 is 1.90 bits per heavy atom. The number of nitrogens with zero attached hydrogens (tertiary/aromatic N) is 3. The fourth-order valence-electron chi connectivity index (χ4n) is 2.36. The molecule has 5 nitrogen and oxygen atoms in total. The number of nitrogens with one attached hydrogen (secondary N) is 1. The number of aryl methyl sites for hydroxylation is 2. The lowest BCUT2D eigenvalue weighted by Gasteiger charge is -2.18. The number of benzene rings is 1. The molecule has 5 heteroatoms. The number of methoxy groups -OCH3 is 1. The summed E-state index contributed by atoms with van der Waals surface area (Å²) in [6.07, 6.45) is 1.76. The molecule has 2 aromatic rings. The maximum Gasteiger partial charge on any atom is 0.150 e. The maximum atomic E-state index is 5.21. The summed E-state index contributed by atoms with van der Waals surface area (Å²) in [5, 5.41) is 7.94. The average molecular weight is 288 g/mol. The first-order valence-corrected chi connectivity index (χ1v) is 7.45. The second-order valence-corrected chi connectivity index (χ2v) is 4.95. The lowest BCUT2D eigenvalue weighted by atomic mass is 10.1. The van der Waals surface area contributed by atoms with E-state index in [0.717, 1.165) is 36.8 Å². The predicted molar refractivity (Wildman–Crippen MR) is 83.6 cm³/mol. The van der Waals surface area contributed by atoms with Crippen molar-refractivity contribution in [2.45, 2.75) is 39.3 Å². The van der Waals surface area contributed by atoms with Crippen molar-refractivity contribution in [3.8, 4) is 5.75 Å². The lowest BCUT2D eigenvalue weighted by Crippen LogP contribution is -2.23. The fourth-order valence-corrected chi connectivity index (χ4v) is 2.36. The van der Waals surface area contributed by atoms with Crippen molar-refractivity contribution < 1.29 is 4.74 Å². The van der Waals surface area contributed by atoms with Crippen molar-refractivity contribution in [2.24, 2.45) is 0 Å². The maximum absolute atomic E-state index is 5.21. The Labute approximate surface area is 126 Å². The summed E-state index contributed by atoms with van der Waals surface area (Å²) >= 11 is 0. The van der Waals surface area contributed by atoms with Gasteiger partial charge in [0.2, 0.25) is 0 Å². The van der Waals surface area contributed by atoms with Crippen LogP contribution in [-0.2, 0) is 19.4 Å². The third-order valence-electron chi connectivity index (χ3n) is 3.65. The van der Waals surface area contributed by atoms with Gasteiger partial charge >= 0.3 is 0 Å². The predicted octanol–water partition coefficient (Wildman–Crippen LogP) is 2.37. The van der Waals surface area contributed by atoms with Gasteiger partial charge in [-0.3, -0.25) is 0 Å². The van der Waals surface area contributed by atoms with E-state index < -0.39 is 0 Å². The van der Waals surface area contributed by atoms with Gasteiger partial charge in [0.15, 0.2) is 5.82 Å². The van der Waals surface area contributed by atoms with Crippen LogP contribution in [0.3, 0.4) is 0 Å². The van der Waals surface area contributed by atoms with Crippen LogP contribution in [0.25, 0.3) is 0 Å². The highest BCUT2D eigenvalue weighted by molar-refractivity contribution is 5.29. The highest BCUT2D eigenvalue weighted by Crippen LogP contribution is 2.19. The molecule has 0 spiro atoms. The Bertz CT molecular complexity index is 562. The number of ether oxygens (including phenoxy) is 1. The van der Waals surface area contributed by atoms with Gasteiger partial charge in [0.25, 0.3) is 0 Å². The molecular weight excluding hydrogens is 264 g/mol. The van der Waals surface area contributed by atoms with Crippen molar-refractivity contribution >= 4 is 0 Å². The number of hydrogen-bond donors (Lipinski definition) is 1. The van der Waals surface area contributed by atoms with Crippen molar-refractivity contribution in [1.82, 2.24) is 20.1 Å². The monoisotopic (exact) mass is 288 g/mol. The zero-order chi connectivity index (χ0) is 15.2. The normalized spacial score (nSPS) is 12.4. The van der Waals surface area contributed by atoms with E-state index >= 15 is 0 Å². The highest BCUT2D eigenvalue weighted by atomic mass is 16.5. The van der Waals surface area contributed by atoms with Crippen LogP contribution in [0.2, 0.25) is 0 Å². The molecule has 0 fully saturated rings. The molecule has 0 aliphatic rings. The Kier molecular flexibility index (Phi) is 5.33. The molecule has 1 N–H and O–H groups in total. The molecule has 1 aromatic heterocycles. The Balaban J connectivity index is 2.19. The van der Waals surface area contributed by atoms with Gasteiger partial charge in [-0.25, -0.2) is 9.67 Å². The van der Waals surface area contributed by atoms with Crippen molar-refractivity contribution in [2.75, 3.05) is 14.2 Å². The molecule has 2 rings (SSSR count). The summed E-state index contributed by atoms with van der Waals surface area (Å²) in [5.74, 6) is 2.83. The summed E-state index contributed by atoms with van der Waals surface area (Å²) in [6.45, 7) is 4.97. The summed E-state index contributed by atoms with van der Waals surface area (Å²) in [7, 11) is 3.65. The molecule has 0 saturated carbocycles. The van der Waals surface area contributed by atoms with Crippen LogP contribution in [0.5, 0.6) is 5.75 Å². The van der Waals surface area contributed by atoms with Gasteiger partial charge in [-0.05, 0) is 24.7 Å². The molecule has 1 aromatic carbocycles. The molecule has 1 unspecified atom stereocenters. The first kappa shape index (κ1) is 15.5. The minimum atomic E-state index is 0.201. The zero-order valence-electron chi connectivity index (χ0n) is 13.3. The topological polar surface area (TPSA) is 52.0 Å². The summed E-state index contributed by atoms with van der Waals surface area (Å²) in [6, 6.07) is 8.35. The molecule has 1 atom stereocenters. The van der Waals surface area contributed by atoms with E-state index in [2.05, 4.69) is 41.4 Å². The fraction of sp³-hybridized carbons (Fsp3) is 0.500. The van der Waals surface area contributed by atoms with Crippen molar-refractivity contribution in [3.63, 3.8) is 0 Å². The van der Waals surface area contributed by atoms with Crippen molar-refractivity contribution in [3.05, 3.63) is 41.5 Å². The minimum Gasteiger partial charge on any atom is -0.497 e. The second-order valence-electron chi connectivity index (χ2n) is 4.95. The molecule has 0 radical (unpaired) electrons.